The highest BCUT2D eigenvalue weighted by Crippen LogP contribution is 2.20. The maximum Gasteiger partial charge on any atom is 0.328 e. The lowest BCUT2D eigenvalue weighted by Crippen LogP contribution is -2.15. The van der Waals surface area contributed by atoms with Gasteiger partial charge in [-0.1, -0.05) is 0 Å². The molecule has 0 saturated heterocycles. The van der Waals surface area contributed by atoms with Crippen molar-refractivity contribution in [1.29, 1.82) is 0 Å². The topological polar surface area (TPSA) is 68.3 Å². The Bertz CT molecular complexity index is 459. The predicted molar refractivity (Wildman–Crippen MR) is 52.3 cm³/mol. The summed E-state index contributed by atoms with van der Waals surface area (Å²) in [6.45, 7) is 1.58. The standard InChI is InChI=1S/C10H10N2O3/c1-7(10(13)14)12-5-9(4-11-12)8-2-3-15-6-8/h2-7H,1H3,(H,13,14). The fourth-order valence-corrected chi connectivity index (χ4v) is 1.24. The Labute approximate surface area is 85.9 Å². The summed E-state index contributed by atoms with van der Waals surface area (Å²) < 4.78 is 6.34. The van der Waals surface area contributed by atoms with Crippen molar-refractivity contribution in [2.45, 2.75) is 13.0 Å². The molecular weight excluding hydrogens is 196 g/mol. The molecule has 0 amide bonds. The van der Waals surface area contributed by atoms with Crippen LogP contribution in [0, 0.1) is 0 Å². The van der Waals surface area contributed by atoms with Crippen LogP contribution in [-0.4, -0.2) is 20.9 Å². The van der Waals surface area contributed by atoms with E-state index in [0.29, 0.717) is 0 Å². The highest BCUT2D eigenvalue weighted by Gasteiger charge is 2.14. The lowest BCUT2D eigenvalue weighted by Gasteiger charge is -2.04. The summed E-state index contributed by atoms with van der Waals surface area (Å²) in [4.78, 5) is 10.7. The lowest BCUT2D eigenvalue weighted by atomic mass is 10.2. The first-order valence-corrected chi connectivity index (χ1v) is 4.48. The van der Waals surface area contributed by atoms with Crippen LogP contribution in [0.5, 0.6) is 0 Å². The van der Waals surface area contributed by atoms with Crippen LogP contribution in [0.25, 0.3) is 11.1 Å². The maximum absolute atomic E-state index is 10.7. The van der Waals surface area contributed by atoms with Crippen molar-refractivity contribution in [2.24, 2.45) is 0 Å². The molecule has 2 aromatic rings. The van der Waals surface area contributed by atoms with Gasteiger partial charge in [-0.15, -0.1) is 0 Å². The molecule has 0 radical (unpaired) electrons. The van der Waals surface area contributed by atoms with Crippen molar-refractivity contribution in [3.05, 3.63) is 31.0 Å². The van der Waals surface area contributed by atoms with E-state index in [4.69, 9.17) is 9.52 Å². The van der Waals surface area contributed by atoms with E-state index in [2.05, 4.69) is 5.10 Å². The Morgan fingerprint density at radius 2 is 2.40 bits per heavy atom. The molecule has 2 rings (SSSR count). The molecule has 0 aromatic carbocycles. The van der Waals surface area contributed by atoms with Crippen LogP contribution in [0.15, 0.2) is 35.4 Å². The van der Waals surface area contributed by atoms with Crippen LogP contribution in [0.4, 0.5) is 0 Å². The van der Waals surface area contributed by atoms with Crippen LogP contribution in [0.3, 0.4) is 0 Å². The van der Waals surface area contributed by atoms with E-state index in [0.717, 1.165) is 11.1 Å². The Kier molecular flexibility index (Phi) is 2.29. The maximum atomic E-state index is 10.7. The monoisotopic (exact) mass is 206 g/mol. The summed E-state index contributed by atoms with van der Waals surface area (Å²) in [5.41, 5.74) is 1.73. The number of hydrogen-bond acceptors (Lipinski definition) is 3. The summed E-state index contributed by atoms with van der Waals surface area (Å²) in [5, 5.41) is 12.8. The van der Waals surface area contributed by atoms with Crippen molar-refractivity contribution >= 4 is 5.97 Å². The third-order valence-corrected chi connectivity index (χ3v) is 2.21. The van der Waals surface area contributed by atoms with Crippen LogP contribution in [-0.2, 0) is 4.79 Å². The minimum atomic E-state index is -0.906. The molecule has 1 N–H and O–H groups in total. The van der Waals surface area contributed by atoms with E-state index in [9.17, 15) is 4.79 Å². The van der Waals surface area contributed by atoms with Crippen LogP contribution >= 0.6 is 0 Å². The summed E-state index contributed by atoms with van der Waals surface area (Å²) in [5.74, 6) is -0.906. The molecular formula is C10H10N2O3. The van der Waals surface area contributed by atoms with E-state index in [1.165, 1.54) is 4.68 Å². The molecule has 78 valence electrons. The van der Waals surface area contributed by atoms with Crippen LogP contribution in [0.1, 0.15) is 13.0 Å². The third kappa shape index (κ3) is 1.76. The quantitative estimate of drug-likeness (QED) is 0.831. The zero-order valence-corrected chi connectivity index (χ0v) is 8.12. The first-order valence-electron chi connectivity index (χ1n) is 4.48. The largest absolute Gasteiger partial charge is 0.480 e. The number of carboxylic acids is 1. The first kappa shape index (κ1) is 9.51. The molecule has 5 nitrogen and oxygen atoms in total. The molecule has 0 spiro atoms. The summed E-state index contributed by atoms with van der Waals surface area (Å²) in [6.07, 6.45) is 6.45. The van der Waals surface area contributed by atoms with Gasteiger partial charge in [-0.05, 0) is 13.0 Å². The average molecular weight is 206 g/mol. The van der Waals surface area contributed by atoms with Crippen molar-refractivity contribution in [1.82, 2.24) is 9.78 Å². The van der Waals surface area contributed by atoms with Gasteiger partial charge in [0.1, 0.15) is 6.04 Å². The predicted octanol–water partition coefficient (Wildman–Crippen LogP) is 1.79. The highest BCUT2D eigenvalue weighted by molar-refractivity contribution is 5.71. The lowest BCUT2D eigenvalue weighted by molar-refractivity contribution is -0.140. The summed E-state index contributed by atoms with van der Waals surface area (Å²) in [7, 11) is 0. The molecule has 1 atom stereocenters. The van der Waals surface area contributed by atoms with Gasteiger partial charge >= 0.3 is 5.97 Å². The van der Waals surface area contributed by atoms with E-state index < -0.39 is 12.0 Å². The molecule has 0 aliphatic carbocycles. The van der Waals surface area contributed by atoms with Crippen molar-refractivity contribution < 1.29 is 14.3 Å². The molecule has 5 heteroatoms. The normalized spacial score (nSPS) is 12.6. The second kappa shape index (κ2) is 3.61. The average Bonchev–Trinajstić information content (AvgIpc) is 2.86. The van der Waals surface area contributed by atoms with Gasteiger partial charge in [0.05, 0.1) is 18.7 Å². The molecule has 0 aliphatic heterocycles. The number of carbonyl (C=O) groups is 1. The second-order valence-corrected chi connectivity index (χ2v) is 3.24. The van der Waals surface area contributed by atoms with Gasteiger partial charge in [0, 0.05) is 17.3 Å². The number of rotatable bonds is 3. The summed E-state index contributed by atoms with van der Waals surface area (Å²) in [6, 6.07) is 1.14. The number of hydrogen-bond donors (Lipinski definition) is 1. The fraction of sp³-hybridized carbons (Fsp3) is 0.200. The summed E-state index contributed by atoms with van der Waals surface area (Å²) >= 11 is 0. The minimum Gasteiger partial charge on any atom is -0.480 e. The SMILES string of the molecule is CC(C(=O)O)n1cc(-c2ccoc2)cn1. The Morgan fingerprint density at radius 1 is 1.60 bits per heavy atom. The van der Waals surface area contributed by atoms with E-state index in [1.54, 1.807) is 37.9 Å². The van der Waals surface area contributed by atoms with Crippen molar-refractivity contribution in [3.63, 3.8) is 0 Å². The molecule has 2 aromatic heterocycles. The zero-order valence-electron chi connectivity index (χ0n) is 8.12. The highest BCUT2D eigenvalue weighted by atomic mass is 16.4. The van der Waals surface area contributed by atoms with Gasteiger partial charge in [-0.25, -0.2) is 4.79 Å². The smallest absolute Gasteiger partial charge is 0.328 e. The molecule has 0 aliphatic rings. The second-order valence-electron chi connectivity index (χ2n) is 3.24. The zero-order chi connectivity index (χ0) is 10.8. The van der Waals surface area contributed by atoms with Gasteiger partial charge in [0.25, 0.3) is 0 Å². The van der Waals surface area contributed by atoms with Crippen molar-refractivity contribution in [2.75, 3.05) is 0 Å². The van der Waals surface area contributed by atoms with E-state index in [-0.39, 0.29) is 0 Å². The van der Waals surface area contributed by atoms with Gasteiger partial charge < -0.3 is 9.52 Å². The van der Waals surface area contributed by atoms with E-state index >= 15 is 0 Å². The van der Waals surface area contributed by atoms with Crippen molar-refractivity contribution in [3.8, 4) is 11.1 Å². The van der Waals surface area contributed by atoms with Crippen LogP contribution < -0.4 is 0 Å². The van der Waals surface area contributed by atoms with Gasteiger partial charge in [0.2, 0.25) is 0 Å². The van der Waals surface area contributed by atoms with E-state index in [1.807, 2.05) is 0 Å². The Morgan fingerprint density at radius 3 is 3.00 bits per heavy atom. The molecule has 1 unspecified atom stereocenters. The minimum absolute atomic E-state index is 0.661. The van der Waals surface area contributed by atoms with Gasteiger partial charge in [0.15, 0.2) is 0 Å². The third-order valence-electron chi connectivity index (χ3n) is 2.21. The Balaban J connectivity index is 2.28. The molecule has 2 heterocycles. The molecule has 0 fully saturated rings. The number of nitrogens with zero attached hydrogens (tertiary/aromatic N) is 2. The Hall–Kier alpha value is -2.04. The fourth-order valence-electron chi connectivity index (χ4n) is 1.24. The number of carboxylic acid groups (broad SMARTS) is 1. The molecule has 0 bridgehead atoms. The molecule has 15 heavy (non-hydrogen) atoms. The molecule has 0 saturated carbocycles. The van der Waals surface area contributed by atoms with Crippen LogP contribution in [0.2, 0.25) is 0 Å². The van der Waals surface area contributed by atoms with Gasteiger partial charge in [-0.2, -0.15) is 5.10 Å². The first-order chi connectivity index (χ1) is 7.18. The number of aliphatic carboxylic acids is 1. The van der Waals surface area contributed by atoms with Gasteiger partial charge in [-0.3, -0.25) is 4.68 Å². The number of furan rings is 1. The number of aromatic nitrogens is 2.